The number of thiophene rings is 1. The molecule has 0 bridgehead atoms. The molecule has 1 saturated carbocycles. The molecule has 0 radical (unpaired) electrons. The van der Waals surface area contributed by atoms with E-state index in [9.17, 15) is 9.18 Å². The van der Waals surface area contributed by atoms with Gasteiger partial charge in [-0.3, -0.25) is 4.79 Å². The van der Waals surface area contributed by atoms with Gasteiger partial charge in [0.25, 0.3) is 0 Å². The van der Waals surface area contributed by atoms with E-state index in [1.54, 1.807) is 23.5 Å². The van der Waals surface area contributed by atoms with E-state index in [0.717, 1.165) is 33.6 Å². The molecule has 2 heterocycles. The number of hydrogen-bond acceptors (Lipinski definition) is 5. The van der Waals surface area contributed by atoms with E-state index in [1.807, 2.05) is 11.4 Å². The van der Waals surface area contributed by atoms with E-state index in [-0.39, 0.29) is 17.8 Å². The highest BCUT2D eigenvalue weighted by Crippen LogP contribution is 2.39. The number of aromatic nitrogens is 2. The Bertz CT molecular complexity index is 877. The van der Waals surface area contributed by atoms with E-state index in [1.165, 1.54) is 30.2 Å². The molecule has 2 aromatic heterocycles. The number of halogens is 1. The van der Waals surface area contributed by atoms with E-state index >= 15 is 0 Å². The van der Waals surface area contributed by atoms with Crippen molar-refractivity contribution >= 4 is 39.2 Å². The molecule has 1 aliphatic rings. The summed E-state index contributed by atoms with van der Waals surface area (Å²) in [6, 6.07) is 8.29. The third kappa shape index (κ3) is 3.27. The summed E-state index contributed by atoms with van der Waals surface area (Å²) in [6.45, 7) is 0. The molecule has 1 atom stereocenters. The number of benzene rings is 1. The first kappa shape index (κ1) is 15.5. The lowest BCUT2D eigenvalue weighted by molar-refractivity contribution is -0.120. The van der Waals surface area contributed by atoms with Crippen molar-refractivity contribution in [3.8, 4) is 0 Å². The van der Waals surface area contributed by atoms with Crippen LogP contribution in [0.2, 0.25) is 0 Å². The number of nitrogens with zero attached hydrogens (tertiary/aromatic N) is 2. The summed E-state index contributed by atoms with van der Waals surface area (Å²) in [6.07, 6.45) is 3.56. The summed E-state index contributed by atoms with van der Waals surface area (Å²) in [5, 5.41) is 5.30. The highest BCUT2D eigenvalue weighted by Gasteiger charge is 2.30. The minimum atomic E-state index is -0.466. The molecule has 1 unspecified atom stereocenters. The maximum absolute atomic E-state index is 13.2. The van der Waals surface area contributed by atoms with Crippen LogP contribution in [0, 0.1) is 5.82 Å². The summed E-state index contributed by atoms with van der Waals surface area (Å²) in [5.74, 6) is -0.370. The van der Waals surface area contributed by atoms with Crippen LogP contribution >= 0.6 is 23.1 Å². The van der Waals surface area contributed by atoms with Gasteiger partial charge in [0.1, 0.15) is 22.4 Å². The number of amides is 1. The van der Waals surface area contributed by atoms with Gasteiger partial charge in [0, 0.05) is 6.04 Å². The Morgan fingerprint density at radius 2 is 2.04 bits per heavy atom. The first-order valence-electron chi connectivity index (χ1n) is 7.61. The van der Waals surface area contributed by atoms with Crippen molar-refractivity contribution in [1.82, 2.24) is 15.3 Å². The Morgan fingerprint density at radius 1 is 1.25 bits per heavy atom. The Labute approximate surface area is 146 Å². The summed E-state index contributed by atoms with van der Waals surface area (Å²) in [5.41, 5.74) is 1.64. The second kappa shape index (κ2) is 6.49. The first-order chi connectivity index (χ1) is 11.7. The van der Waals surface area contributed by atoms with Crippen LogP contribution in [-0.4, -0.2) is 21.9 Å². The molecule has 7 heteroatoms. The molecule has 122 valence electrons. The molecule has 3 aromatic rings. The van der Waals surface area contributed by atoms with Crippen molar-refractivity contribution in [2.24, 2.45) is 0 Å². The van der Waals surface area contributed by atoms with Gasteiger partial charge in [-0.2, -0.15) is 0 Å². The third-order valence-electron chi connectivity index (χ3n) is 3.77. The molecule has 24 heavy (non-hydrogen) atoms. The van der Waals surface area contributed by atoms with Gasteiger partial charge < -0.3 is 5.32 Å². The van der Waals surface area contributed by atoms with Gasteiger partial charge in [-0.05, 0) is 42.0 Å². The number of carbonyl (C=O) groups excluding carboxylic acids is 1. The fraction of sp³-hybridized carbons (Fsp3) is 0.235. The van der Waals surface area contributed by atoms with Crippen LogP contribution in [0.3, 0.4) is 0 Å². The molecule has 0 spiro atoms. The topological polar surface area (TPSA) is 54.9 Å². The van der Waals surface area contributed by atoms with E-state index < -0.39 is 5.25 Å². The van der Waals surface area contributed by atoms with E-state index in [4.69, 9.17) is 0 Å². The van der Waals surface area contributed by atoms with Crippen molar-refractivity contribution in [3.63, 3.8) is 0 Å². The zero-order valence-corrected chi connectivity index (χ0v) is 14.2. The molecule has 1 N–H and O–H groups in total. The van der Waals surface area contributed by atoms with Crippen LogP contribution in [0.25, 0.3) is 10.2 Å². The second-order valence-corrected chi connectivity index (χ2v) is 7.66. The SMILES string of the molecule is O=C(NC1CC1)C(Sc1ncnc2ccsc12)c1ccc(F)cc1. The Kier molecular flexibility index (Phi) is 4.20. The monoisotopic (exact) mass is 359 g/mol. The second-order valence-electron chi connectivity index (χ2n) is 5.65. The molecule has 4 rings (SSSR count). The van der Waals surface area contributed by atoms with Crippen molar-refractivity contribution in [1.29, 1.82) is 0 Å². The Morgan fingerprint density at radius 3 is 2.79 bits per heavy atom. The molecule has 1 amide bonds. The molecule has 0 aliphatic heterocycles. The average molecular weight is 359 g/mol. The molecule has 1 fully saturated rings. The molecule has 4 nitrogen and oxygen atoms in total. The highest BCUT2D eigenvalue weighted by molar-refractivity contribution is 8.00. The smallest absolute Gasteiger partial charge is 0.238 e. The van der Waals surface area contributed by atoms with Gasteiger partial charge >= 0.3 is 0 Å². The normalized spacial score (nSPS) is 15.4. The van der Waals surface area contributed by atoms with Crippen LogP contribution in [0.5, 0.6) is 0 Å². The number of rotatable bonds is 5. The lowest BCUT2D eigenvalue weighted by atomic mass is 10.1. The van der Waals surface area contributed by atoms with E-state index in [0.29, 0.717) is 0 Å². The van der Waals surface area contributed by atoms with Crippen LogP contribution in [0.15, 0.2) is 47.1 Å². The van der Waals surface area contributed by atoms with Gasteiger partial charge in [-0.15, -0.1) is 11.3 Å². The van der Waals surface area contributed by atoms with Crippen molar-refractivity contribution in [2.75, 3.05) is 0 Å². The van der Waals surface area contributed by atoms with Crippen LogP contribution in [-0.2, 0) is 4.79 Å². The van der Waals surface area contributed by atoms with Gasteiger partial charge in [0.05, 0.1) is 10.2 Å². The molecular weight excluding hydrogens is 345 g/mol. The standard InChI is InChI=1S/C17H14FN3OS2/c18-11-3-1-10(2-4-11)14(16(22)21-12-5-6-12)24-17-15-13(7-8-23-15)19-9-20-17/h1-4,7-9,12,14H,5-6H2,(H,21,22). The Hall–Kier alpha value is -1.99. The van der Waals surface area contributed by atoms with Crippen LogP contribution in [0.1, 0.15) is 23.7 Å². The lowest BCUT2D eigenvalue weighted by Gasteiger charge is -2.16. The zero-order chi connectivity index (χ0) is 16.5. The minimum Gasteiger partial charge on any atom is -0.352 e. The summed E-state index contributed by atoms with van der Waals surface area (Å²) < 4.78 is 14.2. The number of thioether (sulfide) groups is 1. The minimum absolute atomic E-state index is 0.0579. The summed E-state index contributed by atoms with van der Waals surface area (Å²) in [7, 11) is 0. The molecular formula is C17H14FN3OS2. The first-order valence-corrected chi connectivity index (χ1v) is 9.37. The van der Waals surface area contributed by atoms with Crippen LogP contribution < -0.4 is 5.32 Å². The van der Waals surface area contributed by atoms with Crippen molar-refractivity contribution in [3.05, 3.63) is 53.4 Å². The Balaban J connectivity index is 1.67. The number of fused-ring (bicyclic) bond motifs is 1. The average Bonchev–Trinajstić information content (AvgIpc) is 3.26. The summed E-state index contributed by atoms with van der Waals surface area (Å²) >= 11 is 2.94. The molecule has 0 saturated heterocycles. The number of hydrogen-bond donors (Lipinski definition) is 1. The maximum Gasteiger partial charge on any atom is 0.238 e. The van der Waals surface area contributed by atoms with Gasteiger partial charge in [0.15, 0.2) is 0 Å². The maximum atomic E-state index is 13.2. The largest absolute Gasteiger partial charge is 0.352 e. The van der Waals surface area contributed by atoms with Crippen LogP contribution in [0.4, 0.5) is 4.39 Å². The summed E-state index contributed by atoms with van der Waals surface area (Å²) in [4.78, 5) is 21.3. The quantitative estimate of drug-likeness (QED) is 0.554. The third-order valence-corrected chi connectivity index (χ3v) is 6.07. The number of nitrogens with one attached hydrogen (secondary N) is 1. The fourth-order valence-corrected chi connectivity index (χ4v) is 4.40. The highest BCUT2D eigenvalue weighted by atomic mass is 32.2. The van der Waals surface area contributed by atoms with Crippen molar-refractivity contribution in [2.45, 2.75) is 29.2 Å². The lowest BCUT2D eigenvalue weighted by Crippen LogP contribution is -2.29. The molecule has 1 aromatic carbocycles. The van der Waals surface area contributed by atoms with Gasteiger partial charge in [-0.1, -0.05) is 23.9 Å². The van der Waals surface area contributed by atoms with Crippen molar-refractivity contribution < 1.29 is 9.18 Å². The zero-order valence-electron chi connectivity index (χ0n) is 12.6. The fourth-order valence-electron chi connectivity index (χ4n) is 2.38. The molecule has 1 aliphatic carbocycles. The number of carbonyl (C=O) groups is 1. The predicted octanol–water partition coefficient (Wildman–Crippen LogP) is 3.94. The predicted molar refractivity (Wildman–Crippen MR) is 93.6 cm³/mol. The van der Waals surface area contributed by atoms with E-state index in [2.05, 4.69) is 15.3 Å². The van der Waals surface area contributed by atoms with Gasteiger partial charge in [0.2, 0.25) is 5.91 Å². The van der Waals surface area contributed by atoms with Gasteiger partial charge in [-0.25, -0.2) is 14.4 Å².